The summed E-state index contributed by atoms with van der Waals surface area (Å²) < 4.78 is 33.6. The van der Waals surface area contributed by atoms with Crippen LogP contribution in [0, 0.1) is 0 Å². The van der Waals surface area contributed by atoms with E-state index < -0.39 is 22.5 Å². The first-order chi connectivity index (χ1) is 17.2. The van der Waals surface area contributed by atoms with Gasteiger partial charge in [0.1, 0.15) is 12.3 Å². The van der Waals surface area contributed by atoms with Crippen LogP contribution in [0.25, 0.3) is 0 Å². The summed E-state index contributed by atoms with van der Waals surface area (Å²) in [4.78, 5) is 27.8. The third-order valence-electron chi connectivity index (χ3n) is 5.51. The highest BCUT2D eigenvalue weighted by molar-refractivity contribution is 7.92. The summed E-state index contributed by atoms with van der Waals surface area (Å²) in [5.74, 6) is -0.652. The number of carbonyl (C=O) groups excluding carboxylic acids is 2. The van der Waals surface area contributed by atoms with Gasteiger partial charge in [0, 0.05) is 18.1 Å². The van der Waals surface area contributed by atoms with Gasteiger partial charge in [-0.2, -0.15) is 0 Å². The summed E-state index contributed by atoms with van der Waals surface area (Å²) in [6, 6.07) is 18.9. The SMILES string of the molecule is CCN(CC)C(=O)c1ccccc1NC(=O)CN(c1cc(Cl)ccc1OC)S(=O)(=O)c1ccccc1. The first-order valence-electron chi connectivity index (χ1n) is 11.3. The fraction of sp³-hybridized carbons (Fsp3) is 0.231. The average molecular weight is 530 g/mol. The lowest BCUT2D eigenvalue weighted by molar-refractivity contribution is -0.114. The number of ether oxygens (including phenoxy) is 1. The van der Waals surface area contributed by atoms with E-state index in [9.17, 15) is 18.0 Å². The highest BCUT2D eigenvalue weighted by Crippen LogP contribution is 2.35. The third-order valence-corrected chi connectivity index (χ3v) is 7.52. The molecule has 0 radical (unpaired) electrons. The molecule has 0 fully saturated rings. The summed E-state index contributed by atoms with van der Waals surface area (Å²) in [7, 11) is -2.78. The fourth-order valence-corrected chi connectivity index (χ4v) is 5.27. The Morgan fingerprint density at radius 1 is 0.944 bits per heavy atom. The zero-order valence-electron chi connectivity index (χ0n) is 20.3. The standard InChI is InChI=1S/C26H28ClN3O5S/c1-4-29(5-2)26(32)21-13-9-10-14-22(21)28-25(31)18-30(23-17-19(27)15-16-24(23)35-3)36(33,34)20-11-7-6-8-12-20/h6-17H,4-5,18H2,1-3H3,(H,28,31). The largest absolute Gasteiger partial charge is 0.495 e. The molecule has 3 rings (SSSR count). The highest BCUT2D eigenvalue weighted by Gasteiger charge is 2.30. The molecule has 0 aliphatic heterocycles. The summed E-state index contributed by atoms with van der Waals surface area (Å²) in [6.45, 7) is 4.17. The molecule has 0 unspecified atom stereocenters. The molecule has 0 saturated carbocycles. The quantitative estimate of drug-likeness (QED) is 0.412. The van der Waals surface area contributed by atoms with E-state index in [0.29, 0.717) is 18.7 Å². The number of hydrogen-bond acceptors (Lipinski definition) is 5. The van der Waals surface area contributed by atoms with Gasteiger partial charge in [0.05, 0.1) is 28.9 Å². The number of sulfonamides is 1. The second-order valence-corrected chi connectivity index (χ2v) is 10.0. The van der Waals surface area contributed by atoms with Gasteiger partial charge in [0.25, 0.3) is 15.9 Å². The smallest absolute Gasteiger partial charge is 0.264 e. The van der Waals surface area contributed by atoms with Crippen molar-refractivity contribution in [3.63, 3.8) is 0 Å². The molecule has 3 aromatic rings. The Kier molecular flexibility index (Phi) is 8.95. The minimum atomic E-state index is -4.18. The summed E-state index contributed by atoms with van der Waals surface area (Å²) >= 11 is 6.17. The number of hydrogen-bond donors (Lipinski definition) is 1. The number of para-hydroxylation sites is 1. The van der Waals surface area contributed by atoms with Crippen molar-refractivity contribution in [3.05, 3.63) is 83.4 Å². The summed E-state index contributed by atoms with van der Waals surface area (Å²) in [5.41, 5.74) is 0.707. The number of amides is 2. The maximum Gasteiger partial charge on any atom is 0.264 e. The Morgan fingerprint density at radius 2 is 1.58 bits per heavy atom. The second-order valence-electron chi connectivity index (χ2n) is 7.71. The normalized spacial score (nSPS) is 11.0. The van der Waals surface area contributed by atoms with Gasteiger partial charge in [-0.1, -0.05) is 41.9 Å². The molecule has 1 N–H and O–H groups in total. The molecular formula is C26H28ClN3O5S. The van der Waals surface area contributed by atoms with E-state index in [0.717, 1.165) is 4.31 Å². The number of halogens is 1. The molecule has 0 aliphatic rings. The van der Waals surface area contributed by atoms with E-state index in [1.54, 1.807) is 53.4 Å². The summed E-state index contributed by atoms with van der Waals surface area (Å²) in [6.07, 6.45) is 0. The lowest BCUT2D eigenvalue weighted by Crippen LogP contribution is -2.39. The van der Waals surface area contributed by atoms with Crippen LogP contribution in [0.3, 0.4) is 0 Å². The number of benzene rings is 3. The molecule has 0 bridgehead atoms. The number of carbonyl (C=O) groups is 2. The lowest BCUT2D eigenvalue weighted by atomic mass is 10.1. The van der Waals surface area contributed by atoms with E-state index in [1.807, 2.05) is 13.8 Å². The number of rotatable bonds is 10. The van der Waals surface area contributed by atoms with Gasteiger partial charge in [-0.3, -0.25) is 13.9 Å². The molecule has 2 amide bonds. The maximum absolute atomic E-state index is 13.6. The Labute approximate surface area is 216 Å². The van der Waals surface area contributed by atoms with Gasteiger partial charge in [-0.05, 0) is 56.3 Å². The molecule has 3 aromatic carbocycles. The molecule has 0 heterocycles. The van der Waals surface area contributed by atoms with Crippen LogP contribution < -0.4 is 14.4 Å². The minimum Gasteiger partial charge on any atom is -0.495 e. The van der Waals surface area contributed by atoms with Crippen LogP contribution in [0.5, 0.6) is 5.75 Å². The van der Waals surface area contributed by atoms with Crippen molar-refractivity contribution in [1.82, 2.24) is 4.90 Å². The van der Waals surface area contributed by atoms with Gasteiger partial charge < -0.3 is 15.0 Å². The topological polar surface area (TPSA) is 96.0 Å². The van der Waals surface area contributed by atoms with Crippen molar-refractivity contribution in [2.45, 2.75) is 18.7 Å². The predicted octanol–water partition coefficient (Wildman–Crippen LogP) is 4.66. The molecule has 0 spiro atoms. The van der Waals surface area contributed by atoms with Crippen molar-refractivity contribution in [2.75, 3.05) is 36.4 Å². The maximum atomic E-state index is 13.6. The van der Waals surface area contributed by atoms with E-state index in [2.05, 4.69) is 5.32 Å². The van der Waals surface area contributed by atoms with Gasteiger partial charge in [-0.25, -0.2) is 8.42 Å². The first-order valence-corrected chi connectivity index (χ1v) is 13.1. The molecule has 8 nitrogen and oxygen atoms in total. The molecule has 10 heteroatoms. The molecule has 0 atom stereocenters. The van der Waals surface area contributed by atoms with Crippen LogP contribution >= 0.6 is 11.6 Å². The molecule has 0 aliphatic carbocycles. The Bertz CT molecular complexity index is 1330. The van der Waals surface area contributed by atoms with Crippen molar-refractivity contribution >= 4 is 44.8 Å². The number of anilines is 2. The van der Waals surface area contributed by atoms with Gasteiger partial charge in [0.2, 0.25) is 5.91 Å². The Morgan fingerprint density at radius 3 is 2.22 bits per heavy atom. The van der Waals surface area contributed by atoms with Crippen molar-refractivity contribution in [2.24, 2.45) is 0 Å². The molecule has 0 saturated heterocycles. The van der Waals surface area contributed by atoms with Crippen LogP contribution in [0.1, 0.15) is 24.2 Å². The van der Waals surface area contributed by atoms with E-state index >= 15 is 0 Å². The number of methoxy groups -OCH3 is 1. The van der Waals surface area contributed by atoms with Crippen LogP contribution in [0.4, 0.5) is 11.4 Å². The van der Waals surface area contributed by atoms with Crippen molar-refractivity contribution in [1.29, 1.82) is 0 Å². The highest BCUT2D eigenvalue weighted by atomic mass is 35.5. The zero-order valence-corrected chi connectivity index (χ0v) is 21.8. The van der Waals surface area contributed by atoms with E-state index in [4.69, 9.17) is 16.3 Å². The molecule has 36 heavy (non-hydrogen) atoms. The fourth-order valence-electron chi connectivity index (χ4n) is 3.66. The monoisotopic (exact) mass is 529 g/mol. The Hall–Kier alpha value is -3.56. The van der Waals surface area contributed by atoms with Gasteiger partial charge in [-0.15, -0.1) is 0 Å². The van der Waals surface area contributed by atoms with Crippen LogP contribution in [0.15, 0.2) is 77.7 Å². The lowest BCUT2D eigenvalue weighted by Gasteiger charge is -2.26. The third kappa shape index (κ3) is 5.98. The number of nitrogens with zero attached hydrogens (tertiary/aromatic N) is 2. The van der Waals surface area contributed by atoms with Crippen molar-refractivity contribution in [3.8, 4) is 5.75 Å². The second kappa shape index (κ2) is 11.9. The molecule has 0 aromatic heterocycles. The van der Waals surface area contributed by atoms with Crippen molar-refractivity contribution < 1.29 is 22.7 Å². The van der Waals surface area contributed by atoms with Crippen LogP contribution in [0.2, 0.25) is 5.02 Å². The van der Waals surface area contributed by atoms with Gasteiger partial charge in [0.15, 0.2) is 0 Å². The minimum absolute atomic E-state index is 0.00283. The predicted molar refractivity (Wildman–Crippen MR) is 141 cm³/mol. The van der Waals surface area contributed by atoms with Gasteiger partial charge >= 0.3 is 0 Å². The van der Waals surface area contributed by atoms with E-state index in [-0.39, 0.29) is 32.9 Å². The zero-order chi connectivity index (χ0) is 26.3. The van der Waals surface area contributed by atoms with Crippen LogP contribution in [-0.2, 0) is 14.8 Å². The molecular weight excluding hydrogens is 502 g/mol. The van der Waals surface area contributed by atoms with E-state index in [1.165, 1.54) is 31.4 Å². The average Bonchev–Trinajstić information content (AvgIpc) is 2.88. The molecule has 190 valence electrons. The van der Waals surface area contributed by atoms with Crippen LogP contribution in [-0.4, -0.2) is 51.9 Å². The number of nitrogens with one attached hydrogen (secondary N) is 1. The summed E-state index contributed by atoms with van der Waals surface area (Å²) in [5, 5.41) is 2.98. The first kappa shape index (κ1) is 27.0. The Balaban J connectivity index is 2.00.